The van der Waals surface area contributed by atoms with E-state index in [1.54, 1.807) is 11.3 Å². The third kappa shape index (κ3) is 3.58. The van der Waals surface area contributed by atoms with Crippen LogP contribution < -0.4 is 5.32 Å². The first-order valence-corrected chi connectivity index (χ1v) is 7.48. The first-order valence-electron chi connectivity index (χ1n) is 6.66. The molecule has 1 aromatic heterocycles. The van der Waals surface area contributed by atoms with E-state index in [0.29, 0.717) is 13.1 Å². The van der Waals surface area contributed by atoms with Crippen LogP contribution in [0.15, 0.2) is 6.07 Å². The number of alkyl carbamates (subject to hydrolysis) is 1. The summed E-state index contributed by atoms with van der Waals surface area (Å²) in [5, 5.41) is 2.77. The maximum absolute atomic E-state index is 12.3. The van der Waals surface area contributed by atoms with E-state index in [9.17, 15) is 9.59 Å². The molecule has 2 rings (SSSR count). The number of hydrogen-bond acceptors (Lipinski definition) is 5. The highest BCUT2D eigenvalue weighted by Crippen LogP contribution is 2.21. The number of amides is 1. The van der Waals surface area contributed by atoms with Gasteiger partial charge in [-0.25, -0.2) is 4.79 Å². The fourth-order valence-corrected chi connectivity index (χ4v) is 3.46. The number of carbonyl (C=O) groups excluding carboxylic acids is 2. The monoisotopic (exact) mass is 296 g/mol. The van der Waals surface area contributed by atoms with Gasteiger partial charge in [-0.2, -0.15) is 0 Å². The number of thiophene rings is 1. The largest absolute Gasteiger partial charge is 0.453 e. The molecule has 1 aliphatic rings. The van der Waals surface area contributed by atoms with Crippen molar-refractivity contribution >= 4 is 23.2 Å². The Labute approximate surface area is 122 Å². The van der Waals surface area contributed by atoms with Crippen LogP contribution in [-0.2, 0) is 4.74 Å². The van der Waals surface area contributed by atoms with Gasteiger partial charge < -0.3 is 10.1 Å². The Balaban J connectivity index is 1.87. The number of Topliss-reactive ketones (excluding diaryl/α,β-unsaturated/α-hetero) is 1. The molecule has 1 unspecified atom stereocenters. The van der Waals surface area contributed by atoms with Crippen LogP contribution in [-0.4, -0.2) is 49.6 Å². The molecule has 0 radical (unpaired) electrons. The van der Waals surface area contributed by atoms with Crippen LogP contribution in [0.5, 0.6) is 0 Å². The molecule has 1 fully saturated rings. The number of aryl methyl sites for hydroxylation is 2. The minimum Gasteiger partial charge on any atom is -0.453 e. The molecular formula is C14H20N2O3S. The zero-order chi connectivity index (χ0) is 14.7. The Morgan fingerprint density at radius 3 is 2.85 bits per heavy atom. The van der Waals surface area contributed by atoms with Crippen LogP contribution in [0.2, 0.25) is 0 Å². The molecule has 0 saturated carbocycles. The van der Waals surface area contributed by atoms with Gasteiger partial charge in [0, 0.05) is 34.4 Å². The summed E-state index contributed by atoms with van der Waals surface area (Å²) in [6.45, 7) is 5.93. The fraction of sp³-hybridized carbons (Fsp3) is 0.571. The van der Waals surface area contributed by atoms with E-state index in [2.05, 4.69) is 15.0 Å². The van der Waals surface area contributed by atoms with Crippen LogP contribution in [0.3, 0.4) is 0 Å². The lowest BCUT2D eigenvalue weighted by Crippen LogP contribution is -2.38. The van der Waals surface area contributed by atoms with E-state index >= 15 is 0 Å². The Morgan fingerprint density at radius 2 is 2.25 bits per heavy atom. The predicted molar refractivity (Wildman–Crippen MR) is 78.5 cm³/mol. The highest BCUT2D eigenvalue weighted by Gasteiger charge is 2.26. The van der Waals surface area contributed by atoms with E-state index in [-0.39, 0.29) is 11.8 Å². The number of rotatable bonds is 4. The molecule has 20 heavy (non-hydrogen) atoms. The third-order valence-electron chi connectivity index (χ3n) is 3.49. The van der Waals surface area contributed by atoms with Gasteiger partial charge in [0.1, 0.15) is 0 Å². The molecular weight excluding hydrogens is 276 g/mol. The second kappa shape index (κ2) is 6.37. The molecule has 2 heterocycles. The molecule has 1 N–H and O–H groups in total. The highest BCUT2D eigenvalue weighted by molar-refractivity contribution is 7.12. The minimum absolute atomic E-state index is 0.0700. The Kier molecular flexibility index (Phi) is 4.77. The zero-order valence-electron chi connectivity index (χ0n) is 12.1. The highest BCUT2D eigenvalue weighted by atomic mass is 32.1. The van der Waals surface area contributed by atoms with Crippen LogP contribution >= 0.6 is 11.3 Å². The number of nitrogens with one attached hydrogen (secondary N) is 1. The van der Waals surface area contributed by atoms with Gasteiger partial charge >= 0.3 is 6.09 Å². The second-order valence-corrected chi connectivity index (χ2v) is 6.57. The number of hydrogen-bond donors (Lipinski definition) is 1. The van der Waals surface area contributed by atoms with Gasteiger partial charge in [-0.05, 0) is 26.3 Å². The second-order valence-electron chi connectivity index (χ2n) is 5.11. The molecule has 1 saturated heterocycles. The van der Waals surface area contributed by atoms with Crippen molar-refractivity contribution in [2.24, 2.45) is 0 Å². The molecule has 1 atom stereocenters. The molecule has 1 aromatic rings. The molecule has 1 amide bonds. The van der Waals surface area contributed by atoms with Crippen molar-refractivity contribution in [3.63, 3.8) is 0 Å². The van der Waals surface area contributed by atoms with Crippen molar-refractivity contribution in [1.82, 2.24) is 10.2 Å². The molecule has 0 aliphatic carbocycles. The Morgan fingerprint density at radius 1 is 1.50 bits per heavy atom. The predicted octanol–water partition coefficient (Wildman–Crippen LogP) is 1.98. The average molecular weight is 296 g/mol. The van der Waals surface area contributed by atoms with Crippen LogP contribution in [0.4, 0.5) is 4.79 Å². The van der Waals surface area contributed by atoms with Gasteiger partial charge in [-0.15, -0.1) is 11.3 Å². The minimum atomic E-state index is -0.410. The molecule has 1 aliphatic heterocycles. The summed E-state index contributed by atoms with van der Waals surface area (Å²) in [5.74, 6) is 0.158. The topological polar surface area (TPSA) is 58.6 Å². The standard InChI is InChI=1S/C14H20N2O3S/c1-9-6-12(10(2)20-9)13(17)8-16-5-4-11(7-16)15-14(18)19-3/h6,11H,4-5,7-8H2,1-3H3,(H,15,18). The Bertz CT molecular complexity index is 513. The smallest absolute Gasteiger partial charge is 0.407 e. The summed E-state index contributed by atoms with van der Waals surface area (Å²) in [4.78, 5) is 27.7. The number of nitrogens with zero attached hydrogens (tertiary/aromatic N) is 1. The number of likely N-dealkylation sites (tertiary alicyclic amines) is 1. The summed E-state index contributed by atoms with van der Waals surface area (Å²) in [6.07, 6.45) is 0.441. The van der Waals surface area contributed by atoms with Gasteiger partial charge in [0.2, 0.25) is 0 Å². The van der Waals surface area contributed by atoms with E-state index < -0.39 is 6.09 Å². The van der Waals surface area contributed by atoms with E-state index in [0.717, 1.165) is 28.3 Å². The lowest BCUT2D eigenvalue weighted by Gasteiger charge is -2.15. The average Bonchev–Trinajstić information content (AvgIpc) is 2.95. The van der Waals surface area contributed by atoms with Crippen LogP contribution in [0.25, 0.3) is 0 Å². The number of ether oxygens (including phenoxy) is 1. The summed E-state index contributed by atoms with van der Waals surface area (Å²) < 4.78 is 4.58. The van der Waals surface area contributed by atoms with Gasteiger partial charge in [0.05, 0.1) is 13.7 Å². The maximum atomic E-state index is 12.3. The quantitative estimate of drug-likeness (QED) is 0.863. The number of methoxy groups -OCH3 is 1. The van der Waals surface area contributed by atoms with E-state index in [4.69, 9.17) is 0 Å². The zero-order valence-corrected chi connectivity index (χ0v) is 12.9. The molecule has 0 spiro atoms. The SMILES string of the molecule is COC(=O)NC1CCN(CC(=O)c2cc(C)sc2C)C1. The first-order chi connectivity index (χ1) is 9.49. The van der Waals surface area contributed by atoms with Gasteiger partial charge in [-0.1, -0.05) is 0 Å². The maximum Gasteiger partial charge on any atom is 0.407 e. The van der Waals surface area contributed by atoms with Crippen molar-refractivity contribution in [3.05, 3.63) is 21.4 Å². The summed E-state index contributed by atoms with van der Waals surface area (Å²) in [6, 6.07) is 2.03. The fourth-order valence-electron chi connectivity index (χ4n) is 2.52. The van der Waals surface area contributed by atoms with Crippen molar-refractivity contribution in [3.8, 4) is 0 Å². The number of ketones is 1. The van der Waals surface area contributed by atoms with Crippen molar-refractivity contribution in [2.45, 2.75) is 26.3 Å². The van der Waals surface area contributed by atoms with Crippen molar-refractivity contribution < 1.29 is 14.3 Å². The van der Waals surface area contributed by atoms with E-state index in [1.165, 1.54) is 7.11 Å². The van der Waals surface area contributed by atoms with E-state index in [1.807, 2.05) is 19.9 Å². The molecule has 5 nitrogen and oxygen atoms in total. The lowest BCUT2D eigenvalue weighted by molar-refractivity contribution is 0.0944. The van der Waals surface area contributed by atoms with Crippen molar-refractivity contribution in [2.75, 3.05) is 26.7 Å². The first kappa shape index (κ1) is 15.0. The van der Waals surface area contributed by atoms with Gasteiger partial charge in [0.15, 0.2) is 5.78 Å². The summed E-state index contributed by atoms with van der Waals surface area (Å²) >= 11 is 1.65. The summed E-state index contributed by atoms with van der Waals surface area (Å²) in [5.41, 5.74) is 0.830. The molecule has 110 valence electrons. The number of carbonyl (C=O) groups is 2. The summed E-state index contributed by atoms with van der Waals surface area (Å²) in [7, 11) is 1.35. The lowest BCUT2D eigenvalue weighted by atomic mass is 10.1. The Hall–Kier alpha value is -1.40. The van der Waals surface area contributed by atoms with Gasteiger partial charge in [0.25, 0.3) is 0 Å². The third-order valence-corrected chi connectivity index (χ3v) is 4.45. The normalized spacial score (nSPS) is 19.1. The van der Waals surface area contributed by atoms with Crippen LogP contribution in [0, 0.1) is 13.8 Å². The molecule has 0 bridgehead atoms. The van der Waals surface area contributed by atoms with Crippen LogP contribution in [0.1, 0.15) is 26.5 Å². The van der Waals surface area contributed by atoms with Crippen molar-refractivity contribution in [1.29, 1.82) is 0 Å². The molecule has 0 aromatic carbocycles. The molecule has 6 heteroatoms. The van der Waals surface area contributed by atoms with Gasteiger partial charge in [-0.3, -0.25) is 9.69 Å².